The van der Waals surface area contributed by atoms with Crippen LogP contribution in [0.5, 0.6) is 0 Å². The van der Waals surface area contributed by atoms with Crippen molar-refractivity contribution in [1.29, 1.82) is 0 Å². The first kappa shape index (κ1) is 24.6. The van der Waals surface area contributed by atoms with Crippen LogP contribution in [0.25, 0.3) is 27.8 Å². The smallest absolute Gasteiger partial charge is 0.335 e. The van der Waals surface area contributed by atoms with Gasteiger partial charge in [0.2, 0.25) is 0 Å². The molecule has 6 aromatic rings. The van der Waals surface area contributed by atoms with Crippen LogP contribution in [0.3, 0.4) is 0 Å². The van der Waals surface area contributed by atoms with Gasteiger partial charge in [0.15, 0.2) is 7.14 Å². The summed E-state index contributed by atoms with van der Waals surface area (Å²) >= 11 is 0. The Balaban J connectivity index is 1.69. The molecule has 0 aliphatic rings. The Morgan fingerprint density at radius 3 is 2.05 bits per heavy atom. The molecule has 6 rings (SSSR count). The van der Waals surface area contributed by atoms with Crippen molar-refractivity contribution in [2.24, 2.45) is 0 Å². The highest BCUT2D eigenvalue weighted by Gasteiger charge is 2.34. The minimum Gasteiger partial charge on any atom is -0.478 e. The fourth-order valence-corrected chi connectivity index (χ4v) is 7.86. The molecule has 3 aromatic heterocycles. The van der Waals surface area contributed by atoms with E-state index in [0.29, 0.717) is 33.0 Å². The highest BCUT2D eigenvalue weighted by atomic mass is 31.2. The van der Waals surface area contributed by atoms with Crippen molar-refractivity contribution in [2.45, 2.75) is 13.8 Å². The van der Waals surface area contributed by atoms with Gasteiger partial charge in [-0.05, 0) is 44.2 Å². The number of fused-ring (bicyclic) bond motifs is 1. The van der Waals surface area contributed by atoms with E-state index >= 15 is 4.57 Å². The van der Waals surface area contributed by atoms with E-state index in [-0.39, 0.29) is 5.56 Å². The van der Waals surface area contributed by atoms with E-state index in [1.807, 2.05) is 91.3 Å². The van der Waals surface area contributed by atoms with Gasteiger partial charge in [0, 0.05) is 50.5 Å². The predicted octanol–water partition coefficient (Wildman–Crippen LogP) is 5.63. The third kappa shape index (κ3) is 4.08. The van der Waals surface area contributed by atoms with Gasteiger partial charge in [0.05, 0.1) is 11.3 Å². The van der Waals surface area contributed by atoms with Crippen molar-refractivity contribution >= 4 is 40.1 Å². The molecule has 0 aliphatic carbocycles. The van der Waals surface area contributed by atoms with Gasteiger partial charge in [-0.2, -0.15) is 0 Å². The number of aromatic nitrogens is 3. The normalized spacial score (nSPS) is 11.6. The Labute approximate surface area is 224 Å². The second-order valence-electron chi connectivity index (χ2n) is 9.31. The van der Waals surface area contributed by atoms with Crippen LogP contribution < -0.4 is 15.9 Å². The summed E-state index contributed by atoms with van der Waals surface area (Å²) in [5.41, 5.74) is 3.91. The van der Waals surface area contributed by atoms with Crippen molar-refractivity contribution in [3.05, 3.63) is 120 Å². The first-order chi connectivity index (χ1) is 18.9. The maximum Gasteiger partial charge on any atom is 0.335 e. The first-order valence-electron chi connectivity index (χ1n) is 12.4. The molecule has 192 valence electrons. The second-order valence-corrected chi connectivity index (χ2v) is 12.0. The fraction of sp³-hybridized carbons (Fsp3) is 0.0645. The van der Waals surface area contributed by atoms with Gasteiger partial charge >= 0.3 is 5.97 Å². The minimum atomic E-state index is -3.36. The largest absolute Gasteiger partial charge is 0.478 e. The zero-order valence-corrected chi connectivity index (χ0v) is 22.2. The molecule has 1 N–H and O–H groups in total. The van der Waals surface area contributed by atoms with Gasteiger partial charge < -0.3 is 18.8 Å². The van der Waals surface area contributed by atoms with Crippen molar-refractivity contribution in [3.8, 4) is 16.8 Å². The third-order valence-electron chi connectivity index (χ3n) is 6.92. The van der Waals surface area contributed by atoms with Crippen LogP contribution in [-0.2, 0) is 4.57 Å². The molecule has 0 spiro atoms. The Hall–Kier alpha value is -4.74. The lowest BCUT2D eigenvalue weighted by atomic mass is 10.1. The van der Waals surface area contributed by atoms with E-state index in [2.05, 4.69) is 5.16 Å². The van der Waals surface area contributed by atoms with Crippen LogP contribution in [0.1, 0.15) is 21.8 Å². The fourth-order valence-electron chi connectivity index (χ4n) is 5.04. The van der Waals surface area contributed by atoms with Gasteiger partial charge in [0.25, 0.3) is 0 Å². The highest BCUT2D eigenvalue weighted by molar-refractivity contribution is 7.85. The van der Waals surface area contributed by atoms with Gasteiger partial charge in [-0.1, -0.05) is 65.8 Å². The number of aryl methyl sites for hydroxylation is 2. The van der Waals surface area contributed by atoms with Gasteiger partial charge in [-0.25, -0.2) is 9.78 Å². The average Bonchev–Trinajstić information content (AvgIpc) is 3.52. The molecule has 0 atom stereocenters. The summed E-state index contributed by atoms with van der Waals surface area (Å²) in [4.78, 5) is 16.3. The van der Waals surface area contributed by atoms with Gasteiger partial charge in [0.1, 0.15) is 11.4 Å². The molecule has 0 saturated carbocycles. The second kappa shape index (κ2) is 9.53. The van der Waals surface area contributed by atoms with E-state index < -0.39 is 13.1 Å². The van der Waals surface area contributed by atoms with Crippen LogP contribution in [0.15, 0.2) is 108 Å². The number of nitrogens with zero attached hydrogens (tertiary/aromatic N) is 3. The molecule has 8 heteroatoms. The number of pyridine rings is 1. The minimum absolute atomic E-state index is 0.184. The van der Waals surface area contributed by atoms with Crippen molar-refractivity contribution < 1.29 is 19.0 Å². The number of hydrogen-bond acceptors (Lipinski definition) is 5. The Kier molecular flexibility index (Phi) is 6.01. The SMILES string of the molecule is Cc1noc(C)c1-c1cnc2c(c1)c(P(=O)(c1ccccc1)c1ccccc1)cn2-c1ccc(C(=O)O)cc1. The summed E-state index contributed by atoms with van der Waals surface area (Å²) < 4.78 is 22.7. The van der Waals surface area contributed by atoms with E-state index in [1.165, 1.54) is 0 Å². The van der Waals surface area contributed by atoms with Crippen LogP contribution in [-0.4, -0.2) is 25.8 Å². The summed E-state index contributed by atoms with van der Waals surface area (Å²) in [6.45, 7) is 3.74. The number of carbonyl (C=O) groups is 1. The van der Waals surface area contributed by atoms with E-state index in [9.17, 15) is 9.90 Å². The van der Waals surface area contributed by atoms with E-state index in [1.54, 1.807) is 30.5 Å². The molecule has 0 unspecified atom stereocenters. The number of carboxylic acids is 1. The molecule has 7 nitrogen and oxygen atoms in total. The van der Waals surface area contributed by atoms with E-state index in [0.717, 1.165) is 22.2 Å². The molecule has 3 heterocycles. The molecule has 0 bridgehead atoms. The highest BCUT2D eigenvalue weighted by Crippen LogP contribution is 2.45. The Bertz CT molecular complexity index is 1810. The monoisotopic (exact) mass is 533 g/mol. The zero-order chi connectivity index (χ0) is 27.1. The molecule has 0 amide bonds. The maximum absolute atomic E-state index is 15.4. The van der Waals surface area contributed by atoms with Crippen LogP contribution in [0, 0.1) is 13.8 Å². The Morgan fingerprint density at radius 2 is 1.51 bits per heavy atom. The Morgan fingerprint density at radius 1 is 0.897 bits per heavy atom. The van der Waals surface area contributed by atoms with Crippen LogP contribution >= 0.6 is 7.14 Å². The molecule has 0 aliphatic heterocycles. The lowest BCUT2D eigenvalue weighted by Crippen LogP contribution is -2.24. The molecule has 39 heavy (non-hydrogen) atoms. The van der Waals surface area contributed by atoms with E-state index in [4.69, 9.17) is 9.51 Å². The van der Waals surface area contributed by atoms with Gasteiger partial charge in [-0.15, -0.1) is 0 Å². The predicted molar refractivity (Wildman–Crippen MR) is 152 cm³/mol. The van der Waals surface area contributed by atoms with Crippen molar-refractivity contribution in [1.82, 2.24) is 14.7 Å². The topological polar surface area (TPSA) is 98.2 Å². The number of benzene rings is 3. The quantitative estimate of drug-likeness (QED) is 0.279. The number of aromatic carboxylic acids is 1. The summed E-state index contributed by atoms with van der Waals surface area (Å²) in [5.74, 6) is -0.326. The standard InChI is InChI=1S/C31H24N3O4P/c1-20-29(21(2)38-33-20)23-17-27-28(39(37,25-9-5-3-6-10-25)26-11-7-4-8-12-26)19-34(30(27)32-18-23)24-15-13-22(14-16-24)31(35)36/h3-19H,1-2H3,(H,35,36). The zero-order valence-electron chi connectivity index (χ0n) is 21.3. The number of hydrogen-bond donors (Lipinski definition) is 1. The van der Waals surface area contributed by atoms with Crippen LogP contribution in [0.2, 0.25) is 0 Å². The first-order valence-corrected chi connectivity index (χ1v) is 14.1. The van der Waals surface area contributed by atoms with Crippen molar-refractivity contribution in [3.63, 3.8) is 0 Å². The molecule has 0 saturated heterocycles. The molecule has 0 fully saturated rings. The van der Waals surface area contributed by atoms with Crippen LogP contribution in [0.4, 0.5) is 0 Å². The summed E-state index contributed by atoms with van der Waals surface area (Å²) in [6, 6.07) is 27.5. The molecule has 0 radical (unpaired) electrons. The lowest BCUT2D eigenvalue weighted by Gasteiger charge is -2.19. The lowest BCUT2D eigenvalue weighted by molar-refractivity contribution is 0.0697. The number of rotatable bonds is 6. The third-order valence-corrected chi connectivity index (χ3v) is 10.0. The molecular formula is C31H24N3O4P. The molecular weight excluding hydrogens is 509 g/mol. The number of carboxylic acid groups (broad SMARTS) is 1. The summed E-state index contributed by atoms with van der Waals surface area (Å²) in [6.07, 6.45) is 3.63. The average molecular weight is 534 g/mol. The van der Waals surface area contributed by atoms with Crippen molar-refractivity contribution in [2.75, 3.05) is 0 Å². The summed E-state index contributed by atoms with van der Waals surface area (Å²) in [5, 5.41) is 16.3. The molecule has 3 aromatic carbocycles. The maximum atomic E-state index is 15.4. The summed E-state index contributed by atoms with van der Waals surface area (Å²) in [7, 11) is -3.36. The van der Waals surface area contributed by atoms with Gasteiger partial charge in [-0.3, -0.25) is 0 Å².